The van der Waals surface area contributed by atoms with Gasteiger partial charge in [-0.15, -0.1) is 0 Å². The SMILES string of the molecule is O=c1[nH]c(=O)n(Cc2ccc(Cl)cc2)cc1[C@@H]1O[C@H](COP(=O)(O)OP(=O)(O)OP(=O)(O)O)[C@@H](O)[C@H]1O. The summed E-state index contributed by atoms with van der Waals surface area (Å²) in [7, 11) is -16.9. The molecule has 0 saturated carbocycles. The quantitative estimate of drug-likeness (QED) is 0.171. The molecule has 1 saturated heterocycles. The first kappa shape index (κ1) is 30.0. The molecule has 0 spiro atoms. The molecule has 1 aromatic carbocycles. The van der Waals surface area contributed by atoms with Crippen molar-refractivity contribution < 1.29 is 61.4 Å². The van der Waals surface area contributed by atoms with Crippen molar-refractivity contribution in [3.05, 3.63) is 67.4 Å². The number of hydrogen-bond donors (Lipinski definition) is 7. The van der Waals surface area contributed by atoms with E-state index in [2.05, 4.69) is 13.1 Å². The second kappa shape index (κ2) is 11.3. The molecule has 2 heterocycles. The summed E-state index contributed by atoms with van der Waals surface area (Å²) in [4.78, 5) is 62.5. The highest BCUT2D eigenvalue weighted by molar-refractivity contribution is 7.66. The van der Waals surface area contributed by atoms with Crippen LogP contribution >= 0.6 is 35.1 Å². The zero-order valence-electron chi connectivity index (χ0n) is 18.1. The van der Waals surface area contributed by atoms with Gasteiger partial charge in [0.1, 0.15) is 24.4 Å². The molecule has 17 nitrogen and oxygen atoms in total. The number of nitrogens with zero attached hydrogens (tertiary/aromatic N) is 1. The number of hydrogen-bond acceptors (Lipinski definition) is 11. The smallest absolute Gasteiger partial charge is 0.387 e. The fourth-order valence-corrected chi connectivity index (χ4v) is 6.40. The van der Waals surface area contributed by atoms with Crippen molar-refractivity contribution in [2.24, 2.45) is 0 Å². The van der Waals surface area contributed by atoms with Gasteiger partial charge < -0.3 is 34.5 Å². The molecule has 3 rings (SSSR count). The average molecular weight is 609 g/mol. The van der Waals surface area contributed by atoms with Crippen LogP contribution in [-0.4, -0.2) is 64.3 Å². The summed E-state index contributed by atoms with van der Waals surface area (Å²) in [6.07, 6.45) is -5.70. The lowest BCUT2D eigenvalue weighted by Gasteiger charge is -2.19. The first-order valence-electron chi connectivity index (χ1n) is 9.84. The number of ether oxygens (including phenoxy) is 1. The molecule has 37 heavy (non-hydrogen) atoms. The third-order valence-electron chi connectivity index (χ3n) is 4.79. The van der Waals surface area contributed by atoms with Crippen molar-refractivity contribution >= 4 is 35.1 Å². The van der Waals surface area contributed by atoms with Gasteiger partial charge in [0.25, 0.3) is 5.56 Å². The van der Waals surface area contributed by atoms with Crippen LogP contribution in [0, 0.1) is 0 Å². The summed E-state index contributed by atoms with van der Waals surface area (Å²) in [6.45, 7) is -1.08. The van der Waals surface area contributed by atoms with Gasteiger partial charge in [-0.3, -0.25) is 18.9 Å². The summed E-state index contributed by atoms with van der Waals surface area (Å²) >= 11 is 5.83. The number of nitrogens with one attached hydrogen (secondary N) is 1. The molecule has 6 atom stereocenters. The van der Waals surface area contributed by atoms with Crippen LogP contribution in [0.15, 0.2) is 40.1 Å². The van der Waals surface area contributed by atoms with Crippen molar-refractivity contribution in [3.8, 4) is 0 Å². The number of H-pyrrole nitrogens is 1. The number of phosphoric ester groups is 1. The van der Waals surface area contributed by atoms with Crippen LogP contribution in [0.25, 0.3) is 0 Å². The highest BCUT2D eigenvalue weighted by Gasteiger charge is 2.47. The number of aromatic amines is 1. The molecule has 7 N–H and O–H groups in total. The lowest BCUT2D eigenvalue weighted by atomic mass is 10.0. The standard InChI is InChI=1S/C16H20ClN2O15P3/c17-9-3-1-8(2-4-9)5-19-6-10(15(22)18-16(19)23)14-13(21)12(20)11(32-14)7-31-36(27,28)34-37(29,30)33-35(24,25)26/h1-4,6,11-14,20-21H,5,7H2,(H,27,28)(H,29,30)(H,18,22,23)(H2,24,25,26)/t11-,12-,13-,14+/m1/s1. The molecular formula is C16H20ClN2O15P3. The average Bonchev–Trinajstić information content (AvgIpc) is 3.01. The number of phosphoric acid groups is 3. The molecule has 0 radical (unpaired) electrons. The van der Waals surface area contributed by atoms with E-state index in [1.54, 1.807) is 24.3 Å². The first-order chi connectivity index (χ1) is 17.0. The Morgan fingerprint density at radius 2 is 1.59 bits per heavy atom. The summed E-state index contributed by atoms with van der Waals surface area (Å²) < 4.78 is 52.0. The molecular weight excluding hydrogens is 589 g/mol. The van der Waals surface area contributed by atoms with Crippen LogP contribution in [0.2, 0.25) is 5.02 Å². The minimum Gasteiger partial charge on any atom is -0.387 e. The van der Waals surface area contributed by atoms with E-state index in [1.165, 1.54) is 0 Å². The van der Waals surface area contributed by atoms with Crippen molar-refractivity contribution in [1.29, 1.82) is 0 Å². The Balaban J connectivity index is 1.74. The van der Waals surface area contributed by atoms with Gasteiger partial charge in [-0.2, -0.15) is 8.62 Å². The van der Waals surface area contributed by atoms with Gasteiger partial charge >= 0.3 is 29.2 Å². The topological polar surface area (TPSA) is 264 Å². The van der Waals surface area contributed by atoms with E-state index in [1.807, 2.05) is 4.98 Å². The third-order valence-corrected chi connectivity index (χ3v) is 8.85. The lowest BCUT2D eigenvalue weighted by molar-refractivity contribution is -0.0228. The van der Waals surface area contributed by atoms with E-state index in [9.17, 15) is 43.3 Å². The molecule has 0 bridgehead atoms. The van der Waals surface area contributed by atoms with Gasteiger partial charge in [0.05, 0.1) is 18.7 Å². The number of aliphatic hydroxyl groups excluding tert-OH is 2. The van der Waals surface area contributed by atoms with Gasteiger partial charge in [-0.1, -0.05) is 23.7 Å². The van der Waals surface area contributed by atoms with E-state index in [0.717, 1.165) is 10.8 Å². The first-order valence-corrected chi connectivity index (χ1v) is 14.7. The minimum absolute atomic E-state index is 0.0133. The normalized spacial score (nSPS) is 25.5. The molecule has 21 heteroatoms. The highest BCUT2D eigenvalue weighted by Crippen LogP contribution is 2.66. The predicted molar refractivity (Wildman–Crippen MR) is 121 cm³/mol. The van der Waals surface area contributed by atoms with Crippen molar-refractivity contribution in [1.82, 2.24) is 9.55 Å². The van der Waals surface area contributed by atoms with E-state index in [-0.39, 0.29) is 12.1 Å². The van der Waals surface area contributed by atoms with Gasteiger partial charge in [0.2, 0.25) is 0 Å². The Hall–Kier alpha value is -1.52. The Labute approximate surface area is 211 Å². The Kier molecular flexibility index (Phi) is 9.17. The summed E-state index contributed by atoms with van der Waals surface area (Å²) in [5.74, 6) is 0. The van der Waals surface area contributed by atoms with Gasteiger partial charge in [0, 0.05) is 11.2 Å². The molecule has 1 aliphatic heterocycles. The van der Waals surface area contributed by atoms with E-state index in [0.29, 0.717) is 10.6 Å². The molecule has 206 valence electrons. The molecule has 1 aromatic heterocycles. The van der Waals surface area contributed by atoms with Crippen LogP contribution < -0.4 is 11.2 Å². The number of rotatable bonds is 10. The summed E-state index contributed by atoms with van der Waals surface area (Å²) in [5.41, 5.74) is -1.41. The molecule has 2 aromatic rings. The van der Waals surface area contributed by atoms with Gasteiger partial charge in [0.15, 0.2) is 0 Å². The van der Waals surface area contributed by atoms with E-state index in [4.69, 9.17) is 26.1 Å². The Morgan fingerprint density at radius 3 is 2.19 bits per heavy atom. The fraction of sp³-hybridized carbons (Fsp3) is 0.375. The number of halogens is 1. The number of aliphatic hydroxyl groups is 2. The second-order valence-electron chi connectivity index (χ2n) is 7.56. The van der Waals surface area contributed by atoms with Crippen LogP contribution in [-0.2, 0) is 38.1 Å². The Bertz CT molecular complexity index is 1390. The van der Waals surface area contributed by atoms with Crippen LogP contribution in [0.3, 0.4) is 0 Å². The zero-order chi connectivity index (χ0) is 27.8. The van der Waals surface area contributed by atoms with Crippen molar-refractivity contribution in [2.45, 2.75) is 31.0 Å². The van der Waals surface area contributed by atoms with E-state index < -0.39 is 65.7 Å². The van der Waals surface area contributed by atoms with Gasteiger partial charge in [-0.05, 0) is 17.7 Å². The maximum Gasteiger partial charge on any atom is 0.490 e. The van der Waals surface area contributed by atoms with E-state index >= 15 is 0 Å². The van der Waals surface area contributed by atoms with Gasteiger partial charge in [-0.25, -0.2) is 18.5 Å². The fourth-order valence-electron chi connectivity index (χ4n) is 3.25. The van der Waals surface area contributed by atoms with Crippen molar-refractivity contribution in [3.63, 3.8) is 0 Å². The Morgan fingerprint density at radius 1 is 0.973 bits per heavy atom. The maximum absolute atomic E-state index is 12.4. The highest BCUT2D eigenvalue weighted by atomic mass is 35.5. The number of aromatic nitrogens is 2. The monoisotopic (exact) mass is 608 g/mol. The van der Waals surface area contributed by atoms with Crippen LogP contribution in [0.4, 0.5) is 0 Å². The van der Waals surface area contributed by atoms with Crippen LogP contribution in [0.5, 0.6) is 0 Å². The number of benzene rings is 1. The predicted octanol–water partition coefficient (Wildman–Crippen LogP) is -0.257. The minimum atomic E-state index is -5.77. The molecule has 1 aliphatic rings. The molecule has 1 fully saturated rings. The second-order valence-corrected chi connectivity index (χ2v) is 12.4. The molecule has 2 unspecified atom stereocenters. The van der Waals surface area contributed by atoms with Crippen LogP contribution in [0.1, 0.15) is 17.2 Å². The zero-order valence-corrected chi connectivity index (χ0v) is 21.6. The van der Waals surface area contributed by atoms with Crippen molar-refractivity contribution in [2.75, 3.05) is 6.61 Å². The molecule has 0 amide bonds. The summed E-state index contributed by atoms with van der Waals surface area (Å²) in [6, 6.07) is 6.42. The molecule has 0 aliphatic carbocycles. The largest absolute Gasteiger partial charge is 0.490 e. The lowest BCUT2D eigenvalue weighted by Crippen LogP contribution is -2.36. The third kappa shape index (κ3) is 8.23. The summed E-state index contributed by atoms with van der Waals surface area (Å²) in [5, 5.41) is 21.1. The maximum atomic E-state index is 12.4.